The lowest BCUT2D eigenvalue weighted by molar-refractivity contribution is -0.870. The van der Waals surface area contributed by atoms with Crippen molar-refractivity contribution in [3.8, 4) is 0 Å². The molecule has 0 aromatic heterocycles. The summed E-state index contributed by atoms with van der Waals surface area (Å²) in [5.41, 5.74) is 0. The van der Waals surface area contributed by atoms with Gasteiger partial charge in [-0.05, 0) is 0 Å². The maximum absolute atomic E-state index is 10.6. The van der Waals surface area contributed by atoms with Crippen LogP contribution in [0.25, 0.3) is 4.98 Å². The fraction of sp³-hybridized carbons (Fsp3) is 0.857. The van der Waals surface area contributed by atoms with E-state index in [0.29, 0.717) is 6.61 Å². The molecule has 0 unspecified atom stereocenters. The van der Waals surface area contributed by atoms with Crippen LogP contribution in [-0.4, -0.2) is 51.3 Å². The van der Waals surface area contributed by atoms with Gasteiger partial charge in [0.1, 0.15) is 18.1 Å². The minimum absolute atomic E-state index is 0. The van der Waals surface area contributed by atoms with Crippen molar-refractivity contribution < 1.29 is 62.0 Å². The van der Waals surface area contributed by atoms with Crippen molar-refractivity contribution in [3.05, 3.63) is 4.98 Å². The van der Waals surface area contributed by atoms with Crippen LogP contribution >= 0.6 is 0 Å². The molecule has 0 heterocycles. The first-order chi connectivity index (χ1) is 5.45. The van der Waals surface area contributed by atoms with Crippen LogP contribution < -0.4 is 48.0 Å². The number of carbonyl (C=O) groups is 1. The number of nitrogens with zero attached hydrogens (tertiary/aromatic N) is 3. The Morgan fingerprint density at radius 2 is 1.86 bits per heavy atom. The van der Waals surface area contributed by atoms with Gasteiger partial charge < -0.3 is 57.2 Å². The molecule has 0 fully saturated rings. The highest BCUT2D eigenvalue weighted by Gasteiger charge is 2.12. The van der Waals surface area contributed by atoms with Gasteiger partial charge in [0.2, 0.25) is 5.39 Å². The van der Waals surface area contributed by atoms with E-state index in [2.05, 4.69) is 4.98 Å². The van der Waals surface area contributed by atoms with E-state index < -0.39 is 5.97 Å². The molecule has 0 N–H and O–H groups in total. The highest BCUT2D eigenvalue weighted by molar-refractivity contribution is 5.73. The predicted molar refractivity (Wildman–Crippen MR) is 43.8 cm³/mol. The van der Waals surface area contributed by atoms with Gasteiger partial charge in [0.15, 0.2) is 0 Å². The van der Waals surface area contributed by atoms with Crippen LogP contribution in [0.2, 0.25) is 0 Å². The largest absolute Gasteiger partial charge is 1.00 e. The summed E-state index contributed by atoms with van der Waals surface area (Å²) in [7, 11) is 6.01. The van der Waals surface area contributed by atoms with Crippen molar-refractivity contribution in [2.24, 2.45) is 0 Å². The van der Waals surface area contributed by atoms with Gasteiger partial charge in [-0.1, -0.05) is 0 Å². The molecule has 0 aromatic carbocycles. The zero-order valence-electron chi connectivity index (χ0n) is 8.54. The van der Waals surface area contributed by atoms with Gasteiger partial charge >= 0.3 is 12.5 Å². The number of ether oxygens (including phenoxy) is 1. The Morgan fingerprint density at radius 1 is 1.36 bits per heavy atom. The molecular formula is C7H15I2N3O2. The summed E-state index contributed by atoms with van der Waals surface area (Å²) in [4.78, 5) is 13.3. The van der Waals surface area contributed by atoms with E-state index >= 15 is 0 Å². The fourth-order valence-electron chi connectivity index (χ4n) is 0.537. The molecule has 7 heteroatoms. The number of quaternary nitrogens is 1. The number of esters is 1. The third-order valence-electron chi connectivity index (χ3n) is 1.22. The summed E-state index contributed by atoms with van der Waals surface area (Å²) in [6.07, 6.45) is 0. The second kappa shape index (κ2) is 9.85. The summed E-state index contributed by atoms with van der Waals surface area (Å²) in [6.45, 7) is 0.826. The normalized spacial score (nSPS) is 9.00. The van der Waals surface area contributed by atoms with Gasteiger partial charge in [-0.3, -0.25) is 0 Å². The number of halogens is 2. The van der Waals surface area contributed by atoms with E-state index in [0.717, 1.165) is 11.0 Å². The van der Waals surface area contributed by atoms with E-state index in [1.165, 1.54) is 0 Å². The summed E-state index contributed by atoms with van der Waals surface area (Å²) in [5.74, 6) is -0.494. The van der Waals surface area contributed by atoms with E-state index in [1.54, 1.807) is 0 Å². The smallest absolute Gasteiger partial charge is 0.399 e. The summed E-state index contributed by atoms with van der Waals surface area (Å²) in [6, 6.07) is 0. The number of hydrogen-bond donors (Lipinski definition) is 0. The first kappa shape index (κ1) is 19.8. The van der Waals surface area contributed by atoms with Gasteiger partial charge in [-0.2, -0.15) is 0 Å². The first-order valence-electron chi connectivity index (χ1n) is 3.72. The second-order valence-corrected chi connectivity index (χ2v) is 3.53. The molecule has 14 heavy (non-hydrogen) atoms. The Hall–Kier alpha value is 0.310. The molecule has 0 rings (SSSR count). The molecule has 0 atom stereocenters. The lowest BCUT2D eigenvalue weighted by Gasteiger charge is -2.22. The van der Waals surface area contributed by atoms with Crippen molar-refractivity contribution in [3.63, 3.8) is 0 Å². The topological polar surface area (TPSA) is 54.5 Å². The average molecular weight is 427 g/mol. The molecule has 84 valence electrons. The zero-order chi connectivity index (χ0) is 9.61. The highest BCUT2D eigenvalue weighted by Crippen LogP contribution is 1.89. The molecule has 0 amide bonds. The number of hydrogen-bond acceptors (Lipinski definition) is 3. The third-order valence-corrected chi connectivity index (χ3v) is 1.22. The minimum atomic E-state index is -0.494. The van der Waals surface area contributed by atoms with Crippen LogP contribution in [0.4, 0.5) is 0 Å². The quantitative estimate of drug-likeness (QED) is 0.195. The molecule has 0 saturated heterocycles. The maximum atomic E-state index is 10.6. The molecule has 0 bridgehead atoms. The van der Waals surface area contributed by atoms with Crippen LogP contribution in [-0.2, 0) is 9.53 Å². The maximum Gasteiger partial charge on any atom is 0.399 e. The van der Waals surface area contributed by atoms with Crippen molar-refractivity contribution in [2.75, 3.05) is 40.8 Å². The molecule has 5 nitrogen and oxygen atoms in total. The lowest BCUT2D eigenvalue weighted by atomic mass is 10.5. The monoisotopic (exact) mass is 427 g/mol. The minimum Gasteiger partial charge on any atom is -1.00 e. The van der Waals surface area contributed by atoms with Gasteiger partial charge in [0.05, 0.1) is 21.1 Å². The predicted octanol–water partition coefficient (Wildman–Crippen LogP) is -5.90. The standard InChI is InChI=1S/C7H15N3O2.2HI/c1-10(2,3)4-5-12-7(11)6-9-8;;/h4-6H2,1-3H3;2*1H/q+2;;/p-2. The summed E-state index contributed by atoms with van der Waals surface area (Å²) >= 11 is 0. The molecule has 0 aliphatic heterocycles. The molecule has 0 aliphatic rings. The second-order valence-electron chi connectivity index (χ2n) is 3.53. The molecule has 0 spiro atoms. The first-order valence-corrected chi connectivity index (χ1v) is 3.72. The van der Waals surface area contributed by atoms with Gasteiger partial charge in [-0.25, -0.2) is 4.79 Å². The van der Waals surface area contributed by atoms with E-state index in [-0.39, 0.29) is 54.5 Å². The van der Waals surface area contributed by atoms with E-state index in [9.17, 15) is 4.79 Å². The van der Waals surface area contributed by atoms with Gasteiger partial charge in [-0.15, -0.1) is 0 Å². The Kier molecular flexibility index (Phi) is 13.9. The summed E-state index contributed by atoms with van der Waals surface area (Å²) in [5, 5.41) is 8.02. The third kappa shape index (κ3) is 14.8. The molecule has 0 aliphatic carbocycles. The van der Waals surface area contributed by atoms with Crippen molar-refractivity contribution in [1.82, 2.24) is 0 Å². The van der Waals surface area contributed by atoms with E-state index in [1.807, 2.05) is 21.1 Å². The molecular weight excluding hydrogens is 412 g/mol. The lowest BCUT2D eigenvalue weighted by Crippen LogP contribution is -3.00. The van der Waals surface area contributed by atoms with Crippen molar-refractivity contribution in [1.29, 1.82) is 5.39 Å². The Balaban J connectivity index is -0.000000605. The van der Waals surface area contributed by atoms with Crippen LogP contribution in [0.15, 0.2) is 0 Å². The SMILES string of the molecule is C[N+](C)(C)CCOC(=O)C[N+]#N.[I-].[I-]. The van der Waals surface area contributed by atoms with Crippen LogP contribution in [0, 0.1) is 5.39 Å². The van der Waals surface area contributed by atoms with Crippen molar-refractivity contribution >= 4 is 5.97 Å². The fourth-order valence-corrected chi connectivity index (χ4v) is 0.537. The molecule has 0 radical (unpaired) electrons. The van der Waals surface area contributed by atoms with E-state index in [4.69, 9.17) is 10.1 Å². The Bertz CT molecular complexity index is 198. The molecule has 0 saturated carbocycles. The average Bonchev–Trinajstić information content (AvgIpc) is 1.84. The Morgan fingerprint density at radius 3 is 2.21 bits per heavy atom. The zero-order valence-corrected chi connectivity index (χ0v) is 12.9. The van der Waals surface area contributed by atoms with Gasteiger partial charge in [0.25, 0.3) is 0 Å². The summed E-state index contributed by atoms with van der Waals surface area (Å²) < 4.78 is 5.49. The Labute approximate surface area is 118 Å². The number of diazo groups is 1. The number of likely N-dealkylation sites (N-methyl/N-ethyl adjacent to an activating group) is 1. The number of carbonyl (C=O) groups excluding carboxylic acids is 1. The highest BCUT2D eigenvalue weighted by atomic mass is 127. The number of rotatable bonds is 4. The van der Waals surface area contributed by atoms with Gasteiger partial charge in [0, 0.05) is 0 Å². The van der Waals surface area contributed by atoms with Crippen molar-refractivity contribution in [2.45, 2.75) is 0 Å². The van der Waals surface area contributed by atoms with Crippen LogP contribution in [0.1, 0.15) is 0 Å². The van der Waals surface area contributed by atoms with Crippen LogP contribution in [0.3, 0.4) is 0 Å². The van der Waals surface area contributed by atoms with Crippen LogP contribution in [0.5, 0.6) is 0 Å². The molecule has 0 aromatic rings.